The molecule has 33 heavy (non-hydrogen) atoms. The van der Waals surface area contributed by atoms with Gasteiger partial charge in [-0.25, -0.2) is 4.98 Å². The van der Waals surface area contributed by atoms with Gasteiger partial charge in [-0.1, -0.05) is 137 Å². The van der Waals surface area contributed by atoms with Crippen molar-refractivity contribution in [2.75, 3.05) is 0 Å². The minimum atomic E-state index is 0.430. The maximum Gasteiger partial charge on any atom is 0.213 e. The Labute approximate surface area is 207 Å². The third-order valence-electron chi connectivity index (χ3n) is 5.54. The number of benzene rings is 3. The molecule has 0 N–H and O–H groups in total. The van der Waals surface area contributed by atoms with Crippen molar-refractivity contribution in [3.63, 3.8) is 0 Å². The van der Waals surface area contributed by atoms with E-state index in [0.29, 0.717) is 6.71 Å². The van der Waals surface area contributed by atoms with E-state index in [2.05, 4.69) is 124 Å². The molecule has 0 aliphatic rings. The summed E-state index contributed by atoms with van der Waals surface area (Å²) in [5, 5.41) is 0. The zero-order chi connectivity index (χ0) is 23.3. The average molecular weight is 499 g/mol. The second-order valence-corrected chi connectivity index (χ2v) is 9.32. The normalized spacial score (nSPS) is 10.9. The second kappa shape index (κ2) is 13.6. The van der Waals surface area contributed by atoms with Crippen LogP contribution < -0.4 is 10.9 Å². The largest absolute Gasteiger partial charge is 0.331 e. The van der Waals surface area contributed by atoms with Crippen LogP contribution in [0.1, 0.15) is 26.7 Å². The fraction of sp³-hybridized carbons (Fsp3) is 0.207. The Bertz CT molecular complexity index is 1050. The number of hydrogen-bond donors (Lipinski definition) is 0. The predicted molar refractivity (Wildman–Crippen MR) is 148 cm³/mol. The number of unbranched alkanes of at least 4 members (excludes halogenated alkanes) is 1. The van der Waals surface area contributed by atoms with Crippen LogP contribution >= 0.6 is 15.9 Å². The molecule has 4 aromatic rings. The summed E-state index contributed by atoms with van der Waals surface area (Å²) in [7, 11) is 0. The molecular formula is C29H32BBrN2. The summed E-state index contributed by atoms with van der Waals surface area (Å²) in [5.41, 5.74) is 3.93. The number of aromatic nitrogens is 2. The lowest BCUT2D eigenvalue weighted by Gasteiger charge is -2.12. The van der Waals surface area contributed by atoms with Crippen molar-refractivity contribution in [1.82, 2.24) is 9.55 Å². The van der Waals surface area contributed by atoms with Crippen LogP contribution in [0.2, 0.25) is 6.32 Å². The van der Waals surface area contributed by atoms with Gasteiger partial charge in [-0.05, 0) is 24.1 Å². The Morgan fingerprint density at radius 2 is 1.42 bits per heavy atom. The number of imidazole rings is 1. The molecule has 168 valence electrons. The highest BCUT2D eigenvalue weighted by Crippen LogP contribution is 2.17. The number of halogens is 1. The first-order valence-corrected chi connectivity index (χ1v) is 12.5. The van der Waals surface area contributed by atoms with E-state index in [1.165, 1.54) is 33.8 Å². The van der Waals surface area contributed by atoms with Gasteiger partial charge in [0.25, 0.3) is 0 Å². The van der Waals surface area contributed by atoms with Crippen molar-refractivity contribution in [2.45, 2.75) is 39.6 Å². The third-order valence-corrected chi connectivity index (χ3v) is 5.86. The van der Waals surface area contributed by atoms with E-state index in [1.54, 1.807) is 0 Å². The zero-order valence-corrected chi connectivity index (χ0v) is 21.2. The van der Waals surface area contributed by atoms with Crippen molar-refractivity contribution in [3.8, 4) is 11.4 Å². The molecule has 0 unspecified atom stereocenters. The number of rotatable bonds is 8. The molecule has 0 amide bonds. The summed E-state index contributed by atoms with van der Waals surface area (Å²) >= 11 is 3.51. The van der Waals surface area contributed by atoms with Crippen molar-refractivity contribution < 1.29 is 0 Å². The fourth-order valence-electron chi connectivity index (χ4n) is 3.78. The molecule has 0 atom stereocenters. The summed E-state index contributed by atoms with van der Waals surface area (Å²) in [6.45, 7) is 5.77. The molecule has 0 aliphatic carbocycles. The van der Waals surface area contributed by atoms with Gasteiger partial charge in [-0.3, -0.25) is 0 Å². The van der Waals surface area contributed by atoms with E-state index in [1.807, 2.05) is 24.4 Å². The maximum atomic E-state index is 4.40. The Morgan fingerprint density at radius 3 is 1.94 bits per heavy atom. The Morgan fingerprint density at radius 1 is 0.879 bits per heavy atom. The SMILES string of the molecule is CC(Br)=CCB(c1ccccc1)c1ccccc1.CCCCn1ccnc1-c1ccccc1. The smallest absolute Gasteiger partial charge is 0.213 e. The predicted octanol–water partition coefficient (Wildman–Crippen LogP) is 6.94. The van der Waals surface area contributed by atoms with Crippen molar-refractivity contribution in [3.05, 3.63) is 114 Å². The Balaban J connectivity index is 0.000000189. The minimum absolute atomic E-state index is 0.430. The van der Waals surface area contributed by atoms with Gasteiger partial charge in [0.1, 0.15) is 5.82 Å². The molecule has 0 bridgehead atoms. The van der Waals surface area contributed by atoms with Gasteiger partial charge >= 0.3 is 0 Å². The molecule has 3 aromatic carbocycles. The molecule has 4 rings (SSSR count). The van der Waals surface area contributed by atoms with Gasteiger partial charge in [0.2, 0.25) is 6.71 Å². The summed E-state index contributed by atoms with van der Waals surface area (Å²) in [6, 6.07) is 31.7. The monoisotopic (exact) mass is 498 g/mol. The molecule has 0 fully saturated rings. The minimum Gasteiger partial charge on any atom is -0.331 e. The molecule has 0 radical (unpaired) electrons. The van der Waals surface area contributed by atoms with E-state index < -0.39 is 0 Å². The first-order chi connectivity index (χ1) is 16.2. The van der Waals surface area contributed by atoms with Crippen LogP contribution in [-0.4, -0.2) is 16.3 Å². The standard InChI is InChI=1S/C16H16BBr.C13H16N2/c1-14(18)12-13-17(15-8-4-2-5-9-15)16-10-6-3-7-11-16;1-2-3-10-15-11-9-14-13(15)12-7-5-4-6-8-12/h2-12H,13H2,1H3;4-9,11H,2-3,10H2,1H3. The van der Waals surface area contributed by atoms with Crippen LogP contribution in [0.3, 0.4) is 0 Å². The topological polar surface area (TPSA) is 17.8 Å². The highest BCUT2D eigenvalue weighted by Gasteiger charge is 2.16. The molecule has 4 heteroatoms. The Hall–Kier alpha value is -2.85. The van der Waals surface area contributed by atoms with Crippen LogP contribution in [0, 0.1) is 0 Å². The molecule has 1 heterocycles. The molecule has 1 aromatic heterocycles. The van der Waals surface area contributed by atoms with Gasteiger partial charge < -0.3 is 4.57 Å². The number of aryl methyl sites for hydroxylation is 1. The van der Waals surface area contributed by atoms with Crippen LogP contribution in [0.15, 0.2) is 114 Å². The van der Waals surface area contributed by atoms with Crippen molar-refractivity contribution in [1.29, 1.82) is 0 Å². The van der Waals surface area contributed by atoms with Gasteiger partial charge in [-0.15, -0.1) is 0 Å². The average Bonchev–Trinajstić information content (AvgIpc) is 3.34. The van der Waals surface area contributed by atoms with E-state index in [4.69, 9.17) is 0 Å². The number of allylic oxidation sites excluding steroid dienone is 2. The highest BCUT2D eigenvalue weighted by molar-refractivity contribution is 9.11. The molecule has 0 saturated carbocycles. The highest BCUT2D eigenvalue weighted by atomic mass is 79.9. The lowest BCUT2D eigenvalue weighted by atomic mass is 9.39. The van der Waals surface area contributed by atoms with Crippen molar-refractivity contribution in [2.24, 2.45) is 0 Å². The lowest BCUT2D eigenvalue weighted by molar-refractivity contribution is 0.637. The van der Waals surface area contributed by atoms with E-state index in [9.17, 15) is 0 Å². The van der Waals surface area contributed by atoms with E-state index >= 15 is 0 Å². The summed E-state index contributed by atoms with van der Waals surface area (Å²) in [4.78, 5) is 4.40. The van der Waals surface area contributed by atoms with Crippen LogP contribution in [0.25, 0.3) is 11.4 Å². The van der Waals surface area contributed by atoms with E-state index in [0.717, 1.165) is 18.7 Å². The van der Waals surface area contributed by atoms with Gasteiger partial charge in [-0.2, -0.15) is 0 Å². The molecule has 0 saturated heterocycles. The second-order valence-electron chi connectivity index (χ2n) is 8.06. The fourth-order valence-corrected chi connectivity index (χ4v) is 3.97. The van der Waals surface area contributed by atoms with Crippen LogP contribution in [0.5, 0.6) is 0 Å². The summed E-state index contributed by atoms with van der Waals surface area (Å²) < 4.78 is 3.41. The number of hydrogen-bond acceptors (Lipinski definition) is 1. The zero-order valence-electron chi connectivity index (χ0n) is 19.6. The van der Waals surface area contributed by atoms with Crippen LogP contribution in [-0.2, 0) is 6.54 Å². The quantitative estimate of drug-likeness (QED) is 0.240. The molecule has 2 nitrogen and oxygen atoms in total. The molecular weight excluding hydrogens is 467 g/mol. The van der Waals surface area contributed by atoms with E-state index in [-0.39, 0.29) is 0 Å². The maximum absolute atomic E-state index is 4.40. The molecule has 0 aliphatic heterocycles. The first kappa shape index (κ1) is 24.8. The van der Waals surface area contributed by atoms with Gasteiger partial charge in [0, 0.05) is 24.5 Å². The number of nitrogens with zero attached hydrogens (tertiary/aromatic N) is 2. The van der Waals surface area contributed by atoms with Crippen LogP contribution in [0.4, 0.5) is 0 Å². The third kappa shape index (κ3) is 7.90. The lowest BCUT2D eigenvalue weighted by Crippen LogP contribution is -2.41. The van der Waals surface area contributed by atoms with Crippen molar-refractivity contribution >= 4 is 33.6 Å². The Kier molecular flexibility index (Phi) is 10.3. The van der Waals surface area contributed by atoms with Gasteiger partial charge in [0.15, 0.2) is 0 Å². The first-order valence-electron chi connectivity index (χ1n) is 11.7. The molecule has 0 spiro atoms. The summed E-state index contributed by atoms with van der Waals surface area (Å²) in [6.07, 6.45) is 9.61. The van der Waals surface area contributed by atoms with Gasteiger partial charge in [0.05, 0.1) is 0 Å². The summed E-state index contributed by atoms with van der Waals surface area (Å²) in [5.74, 6) is 1.07.